The number of hydrogen-bond donors (Lipinski definition) is 7. The Labute approximate surface area is 232 Å². The minimum atomic E-state index is -4.68. The number of nitrogens with zero attached hydrogens (tertiary/aromatic N) is 6. The Balaban J connectivity index is 1.27. The molecule has 1 aliphatic rings. The normalized spacial score (nSPS) is 21.6. The van der Waals surface area contributed by atoms with Crippen LogP contribution in [-0.4, -0.2) is 110 Å². The van der Waals surface area contributed by atoms with Crippen LogP contribution in [0.15, 0.2) is 23.8 Å². The molecule has 4 heterocycles. The monoisotopic (exact) mass is 599 g/mol. The third-order valence-corrected chi connectivity index (χ3v) is 7.45. The Kier molecular flexibility index (Phi) is 10.0. The van der Waals surface area contributed by atoms with E-state index in [0.717, 1.165) is 0 Å². The van der Waals surface area contributed by atoms with Crippen LogP contribution in [0, 0.1) is 6.92 Å². The number of ether oxygens (including phenoxy) is 1. The number of phosphoric ester groups is 1. The SMILES string of the molecule is Cc1ncc(COP(=O)(O)O)c(C=NCCSCCNc2ncnc3c2ncn3C2O[C@H](CO)[C@@H](O)[C@H]2O)c1O. The minimum absolute atomic E-state index is 0.135. The van der Waals surface area contributed by atoms with Gasteiger partial charge in [0.05, 0.1) is 25.2 Å². The number of aliphatic hydroxyl groups excluding tert-OH is 3. The first-order valence-electron chi connectivity index (χ1n) is 12.1. The molecular weight excluding hydrogens is 569 g/mol. The highest BCUT2D eigenvalue weighted by molar-refractivity contribution is 7.99. The van der Waals surface area contributed by atoms with Crippen molar-refractivity contribution in [1.82, 2.24) is 24.5 Å². The zero-order chi connectivity index (χ0) is 28.9. The zero-order valence-electron chi connectivity index (χ0n) is 21.3. The molecule has 40 heavy (non-hydrogen) atoms. The lowest BCUT2D eigenvalue weighted by molar-refractivity contribution is -0.0511. The lowest BCUT2D eigenvalue weighted by atomic mass is 10.1. The fourth-order valence-corrected chi connectivity index (χ4v) is 4.95. The topological polar surface area (TPSA) is 238 Å². The van der Waals surface area contributed by atoms with Gasteiger partial charge in [0.25, 0.3) is 0 Å². The van der Waals surface area contributed by atoms with Crippen molar-refractivity contribution in [2.75, 3.05) is 36.5 Å². The van der Waals surface area contributed by atoms with Crippen LogP contribution in [0.3, 0.4) is 0 Å². The van der Waals surface area contributed by atoms with Gasteiger partial charge < -0.3 is 40.3 Å². The number of hydrogen-bond acceptors (Lipinski definition) is 14. The summed E-state index contributed by atoms with van der Waals surface area (Å²) in [6.45, 7) is 1.71. The van der Waals surface area contributed by atoms with Gasteiger partial charge in [-0.2, -0.15) is 11.8 Å². The number of aromatic hydroxyl groups is 1. The number of thioether (sulfide) groups is 1. The van der Waals surface area contributed by atoms with Crippen molar-refractivity contribution in [3.05, 3.63) is 35.7 Å². The highest BCUT2D eigenvalue weighted by Gasteiger charge is 2.44. The summed E-state index contributed by atoms with van der Waals surface area (Å²) in [5.74, 6) is 1.72. The average molecular weight is 600 g/mol. The third kappa shape index (κ3) is 7.12. The van der Waals surface area contributed by atoms with E-state index >= 15 is 0 Å². The number of aliphatic hydroxyl groups is 3. The molecule has 1 fully saturated rings. The largest absolute Gasteiger partial charge is 0.505 e. The van der Waals surface area contributed by atoms with Gasteiger partial charge in [-0.05, 0) is 6.92 Å². The molecule has 18 heteroatoms. The van der Waals surface area contributed by atoms with Crippen molar-refractivity contribution in [2.24, 2.45) is 4.99 Å². The minimum Gasteiger partial charge on any atom is -0.505 e. The fourth-order valence-electron chi connectivity index (χ4n) is 3.96. The van der Waals surface area contributed by atoms with Gasteiger partial charge in [0.2, 0.25) is 0 Å². The first kappa shape index (κ1) is 30.2. The highest BCUT2D eigenvalue weighted by Crippen LogP contribution is 2.38. The van der Waals surface area contributed by atoms with Gasteiger partial charge in [-0.3, -0.25) is 19.1 Å². The number of aliphatic imine (C=N–C) groups is 1. The second-order valence-electron chi connectivity index (χ2n) is 8.74. The summed E-state index contributed by atoms with van der Waals surface area (Å²) in [7, 11) is -4.68. The smallest absolute Gasteiger partial charge is 0.469 e. The molecule has 218 valence electrons. The number of fused-ring (bicyclic) bond motifs is 1. The van der Waals surface area contributed by atoms with Crippen molar-refractivity contribution in [1.29, 1.82) is 0 Å². The van der Waals surface area contributed by atoms with Gasteiger partial charge in [0, 0.05) is 48.1 Å². The molecule has 1 unspecified atom stereocenters. The molecule has 0 bridgehead atoms. The van der Waals surface area contributed by atoms with Gasteiger partial charge in [-0.15, -0.1) is 0 Å². The molecule has 0 radical (unpaired) electrons. The molecule has 4 rings (SSSR count). The predicted octanol–water partition coefficient (Wildman–Crippen LogP) is -0.280. The Hall–Kier alpha value is -2.73. The van der Waals surface area contributed by atoms with E-state index in [2.05, 4.69) is 34.8 Å². The summed E-state index contributed by atoms with van der Waals surface area (Å²) >= 11 is 1.61. The van der Waals surface area contributed by atoms with E-state index in [0.29, 0.717) is 52.8 Å². The number of anilines is 1. The van der Waals surface area contributed by atoms with Crippen LogP contribution >= 0.6 is 19.6 Å². The number of pyridine rings is 1. The molecule has 7 N–H and O–H groups in total. The van der Waals surface area contributed by atoms with E-state index in [9.17, 15) is 25.0 Å². The maximum atomic E-state index is 11.0. The maximum absolute atomic E-state index is 11.0. The average Bonchev–Trinajstić information content (AvgIpc) is 3.47. The molecule has 0 saturated carbocycles. The van der Waals surface area contributed by atoms with Crippen LogP contribution in [0.25, 0.3) is 11.2 Å². The highest BCUT2D eigenvalue weighted by atomic mass is 32.2. The van der Waals surface area contributed by atoms with E-state index in [1.54, 1.807) is 18.7 Å². The molecule has 0 amide bonds. The summed E-state index contributed by atoms with van der Waals surface area (Å²) < 4.78 is 22.6. The Morgan fingerprint density at radius 1 is 1.23 bits per heavy atom. The number of imidazole rings is 1. The van der Waals surface area contributed by atoms with Crippen LogP contribution in [0.5, 0.6) is 5.75 Å². The second-order valence-corrected chi connectivity index (χ2v) is 11.2. The molecular formula is C22H30N7O9PS. The number of nitrogens with one attached hydrogen (secondary N) is 1. The molecule has 3 aromatic heterocycles. The summed E-state index contributed by atoms with van der Waals surface area (Å²) in [6.07, 6.45) is 1.22. The zero-order valence-corrected chi connectivity index (χ0v) is 23.0. The van der Waals surface area contributed by atoms with Crippen LogP contribution in [0.4, 0.5) is 5.82 Å². The molecule has 4 atom stereocenters. The first-order valence-corrected chi connectivity index (χ1v) is 14.8. The van der Waals surface area contributed by atoms with E-state index in [-0.39, 0.29) is 11.3 Å². The molecule has 3 aromatic rings. The molecule has 1 saturated heterocycles. The number of aryl methyl sites for hydroxylation is 1. The lowest BCUT2D eigenvalue weighted by Gasteiger charge is -2.16. The quantitative estimate of drug-likeness (QED) is 0.0760. The van der Waals surface area contributed by atoms with E-state index in [1.807, 2.05) is 0 Å². The Morgan fingerprint density at radius 2 is 2.02 bits per heavy atom. The Morgan fingerprint density at radius 3 is 2.75 bits per heavy atom. The van der Waals surface area contributed by atoms with Gasteiger partial charge in [0.1, 0.15) is 30.4 Å². The van der Waals surface area contributed by atoms with E-state index in [1.165, 1.54) is 29.6 Å². The van der Waals surface area contributed by atoms with Crippen LogP contribution in [0.2, 0.25) is 0 Å². The first-order chi connectivity index (χ1) is 19.1. The maximum Gasteiger partial charge on any atom is 0.469 e. The number of aromatic nitrogens is 5. The van der Waals surface area contributed by atoms with Crippen molar-refractivity contribution in [3.8, 4) is 5.75 Å². The Bertz CT molecular complexity index is 1390. The third-order valence-electron chi connectivity index (χ3n) is 6.02. The van der Waals surface area contributed by atoms with Gasteiger partial charge >= 0.3 is 7.82 Å². The van der Waals surface area contributed by atoms with E-state index < -0.39 is 45.6 Å². The summed E-state index contributed by atoms with van der Waals surface area (Å²) in [4.78, 5) is 39.0. The molecule has 0 aromatic carbocycles. The van der Waals surface area contributed by atoms with Crippen molar-refractivity contribution >= 4 is 42.8 Å². The number of phosphoric acid groups is 1. The van der Waals surface area contributed by atoms with Crippen molar-refractivity contribution in [3.63, 3.8) is 0 Å². The van der Waals surface area contributed by atoms with Crippen LogP contribution in [-0.2, 0) is 20.4 Å². The van der Waals surface area contributed by atoms with Gasteiger partial charge in [-0.1, -0.05) is 0 Å². The van der Waals surface area contributed by atoms with Gasteiger partial charge in [0.15, 0.2) is 23.2 Å². The summed E-state index contributed by atoms with van der Waals surface area (Å²) in [6, 6.07) is 0. The fraction of sp³-hybridized carbons (Fsp3) is 0.500. The molecule has 0 spiro atoms. The standard InChI is InChI=1S/C22H30N7O9PS/c1-12-17(31)14(13(6-25-12)9-37-39(34,35)36)7-23-2-4-40-5-3-24-20-16-21(27-10-26-20)29(11-28-16)22-19(33)18(32)15(8-30)38-22/h6-7,10-11,15,18-19,22,30-33H,2-5,8-9H2,1H3,(H,24,26,27)(H2,34,35,36)/t15-,18-,19-,22?/m1/s1. The van der Waals surface area contributed by atoms with Crippen LogP contribution in [0.1, 0.15) is 23.0 Å². The van der Waals surface area contributed by atoms with Crippen LogP contribution < -0.4 is 5.32 Å². The van der Waals surface area contributed by atoms with E-state index in [4.69, 9.17) is 14.5 Å². The molecule has 16 nitrogen and oxygen atoms in total. The predicted molar refractivity (Wildman–Crippen MR) is 144 cm³/mol. The second kappa shape index (κ2) is 13.3. The molecule has 1 aliphatic heterocycles. The summed E-state index contributed by atoms with van der Waals surface area (Å²) in [5.41, 5.74) is 1.79. The van der Waals surface area contributed by atoms with Crippen molar-refractivity contribution in [2.45, 2.75) is 38.1 Å². The number of rotatable bonds is 13. The van der Waals surface area contributed by atoms with Crippen molar-refractivity contribution < 1.29 is 44.0 Å². The summed E-state index contributed by atoms with van der Waals surface area (Å²) in [5, 5.41) is 43.2. The molecule has 0 aliphatic carbocycles. The van der Waals surface area contributed by atoms with Gasteiger partial charge in [-0.25, -0.2) is 19.5 Å². The lowest BCUT2D eigenvalue weighted by Crippen LogP contribution is -2.33.